The molecule has 6 heteroatoms. The Kier molecular flexibility index (Phi) is 5.25. The van der Waals surface area contributed by atoms with E-state index in [1.807, 2.05) is 13.1 Å². The van der Waals surface area contributed by atoms with Gasteiger partial charge in [-0.25, -0.2) is 0 Å². The molecule has 0 aliphatic carbocycles. The fraction of sp³-hybridized carbons (Fsp3) is 0.778. The van der Waals surface area contributed by atoms with Crippen LogP contribution in [-0.2, 0) is 11.3 Å². The Balaban J connectivity index is 1.68. The predicted octanol–water partition coefficient (Wildman–Crippen LogP) is 1.83. The standard InChI is InChI=1S/C18H30N4O2/c1-4-8-22-14-18(6-9-20(2)10-7-18)12-16(22)17(23)21(3)13-15-5-11-24-19-15/h5,11,16H,4,6-10,12-14H2,1-3H3/t16-/m1/s1. The molecule has 2 fully saturated rings. The molecule has 0 radical (unpaired) electrons. The van der Waals surface area contributed by atoms with E-state index in [1.165, 1.54) is 12.8 Å². The van der Waals surface area contributed by atoms with Crippen LogP contribution in [-0.4, -0.2) is 72.1 Å². The number of carbonyl (C=O) groups is 1. The molecule has 0 unspecified atom stereocenters. The molecule has 2 aliphatic rings. The molecule has 1 spiro atoms. The number of hydrogen-bond acceptors (Lipinski definition) is 5. The van der Waals surface area contributed by atoms with Gasteiger partial charge in [0.15, 0.2) is 0 Å². The zero-order valence-electron chi connectivity index (χ0n) is 15.2. The first-order valence-electron chi connectivity index (χ1n) is 9.10. The van der Waals surface area contributed by atoms with Gasteiger partial charge in [-0.15, -0.1) is 0 Å². The van der Waals surface area contributed by atoms with E-state index in [0.717, 1.165) is 44.7 Å². The third-order valence-electron chi connectivity index (χ3n) is 5.72. The van der Waals surface area contributed by atoms with Crippen molar-refractivity contribution in [1.82, 2.24) is 19.9 Å². The minimum Gasteiger partial charge on any atom is -0.364 e. The molecule has 3 heterocycles. The van der Waals surface area contributed by atoms with Crippen molar-refractivity contribution in [2.45, 2.75) is 45.2 Å². The van der Waals surface area contributed by atoms with Crippen LogP contribution in [0.1, 0.15) is 38.3 Å². The zero-order valence-corrected chi connectivity index (χ0v) is 15.2. The molecule has 24 heavy (non-hydrogen) atoms. The summed E-state index contributed by atoms with van der Waals surface area (Å²) in [5.41, 5.74) is 1.14. The van der Waals surface area contributed by atoms with Crippen molar-refractivity contribution in [1.29, 1.82) is 0 Å². The number of aromatic nitrogens is 1. The summed E-state index contributed by atoms with van der Waals surface area (Å²) in [4.78, 5) is 19.7. The van der Waals surface area contributed by atoms with Crippen LogP contribution >= 0.6 is 0 Å². The lowest BCUT2D eigenvalue weighted by Gasteiger charge is -2.37. The van der Waals surface area contributed by atoms with Crippen LogP contribution < -0.4 is 0 Å². The first-order valence-corrected chi connectivity index (χ1v) is 9.10. The summed E-state index contributed by atoms with van der Waals surface area (Å²) < 4.78 is 4.88. The summed E-state index contributed by atoms with van der Waals surface area (Å²) in [6, 6.07) is 1.84. The summed E-state index contributed by atoms with van der Waals surface area (Å²) in [5.74, 6) is 0.224. The highest BCUT2D eigenvalue weighted by atomic mass is 16.5. The monoisotopic (exact) mass is 334 g/mol. The van der Waals surface area contributed by atoms with Crippen molar-refractivity contribution < 1.29 is 9.32 Å². The lowest BCUT2D eigenvalue weighted by Crippen LogP contribution is -2.44. The van der Waals surface area contributed by atoms with Crippen molar-refractivity contribution in [2.24, 2.45) is 5.41 Å². The SMILES string of the molecule is CCCN1CC2(CCN(C)CC2)C[C@@H]1C(=O)N(C)Cc1ccon1. The van der Waals surface area contributed by atoms with Gasteiger partial charge in [0.25, 0.3) is 0 Å². The Morgan fingerprint density at radius 2 is 2.21 bits per heavy atom. The molecule has 1 aromatic heterocycles. The average Bonchev–Trinajstić information content (AvgIpc) is 3.19. The lowest BCUT2D eigenvalue weighted by atomic mass is 9.76. The second-order valence-corrected chi connectivity index (χ2v) is 7.68. The van der Waals surface area contributed by atoms with E-state index in [0.29, 0.717) is 12.0 Å². The van der Waals surface area contributed by atoms with Crippen molar-refractivity contribution in [3.8, 4) is 0 Å². The fourth-order valence-corrected chi connectivity index (χ4v) is 4.26. The van der Waals surface area contributed by atoms with Crippen molar-refractivity contribution >= 4 is 5.91 Å². The summed E-state index contributed by atoms with van der Waals surface area (Å²) >= 11 is 0. The van der Waals surface area contributed by atoms with Crippen molar-refractivity contribution in [3.63, 3.8) is 0 Å². The number of carbonyl (C=O) groups excluding carboxylic acids is 1. The van der Waals surface area contributed by atoms with Crippen LogP contribution in [0.2, 0.25) is 0 Å². The second-order valence-electron chi connectivity index (χ2n) is 7.68. The number of hydrogen-bond donors (Lipinski definition) is 0. The topological polar surface area (TPSA) is 52.8 Å². The molecule has 1 atom stereocenters. The zero-order chi connectivity index (χ0) is 17.2. The van der Waals surface area contributed by atoms with E-state index < -0.39 is 0 Å². The van der Waals surface area contributed by atoms with Gasteiger partial charge in [0, 0.05) is 19.7 Å². The second kappa shape index (κ2) is 7.23. The molecule has 2 aliphatic heterocycles. The molecule has 2 saturated heterocycles. The van der Waals surface area contributed by atoms with Crippen LogP contribution in [0.25, 0.3) is 0 Å². The van der Waals surface area contributed by atoms with Crippen LogP contribution in [0.3, 0.4) is 0 Å². The smallest absolute Gasteiger partial charge is 0.240 e. The van der Waals surface area contributed by atoms with Gasteiger partial charge in [-0.2, -0.15) is 0 Å². The Labute approximate surface area is 144 Å². The highest BCUT2D eigenvalue weighted by molar-refractivity contribution is 5.82. The van der Waals surface area contributed by atoms with Gasteiger partial charge < -0.3 is 14.3 Å². The molecule has 1 amide bonds. The van der Waals surface area contributed by atoms with Gasteiger partial charge in [-0.3, -0.25) is 9.69 Å². The number of piperidine rings is 1. The Morgan fingerprint density at radius 3 is 2.83 bits per heavy atom. The summed E-state index contributed by atoms with van der Waals surface area (Å²) in [5, 5.41) is 3.92. The normalized spacial score (nSPS) is 24.5. The molecule has 3 rings (SSSR count). The molecule has 0 bridgehead atoms. The number of amides is 1. The fourth-order valence-electron chi connectivity index (χ4n) is 4.26. The quantitative estimate of drug-likeness (QED) is 0.822. The van der Waals surface area contributed by atoms with E-state index in [1.54, 1.807) is 11.2 Å². The third kappa shape index (κ3) is 3.64. The van der Waals surface area contributed by atoms with Crippen LogP contribution in [0, 0.1) is 5.41 Å². The Bertz CT molecular complexity index is 537. The number of rotatable bonds is 5. The van der Waals surface area contributed by atoms with Crippen LogP contribution in [0.5, 0.6) is 0 Å². The van der Waals surface area contributed by atoms with E-state index in [9.17, 15) is 4.79 Å². The molecule has 0 N–H and O–H groups in total. The van der Waals surface area contributed by atoms with Gasteiger partial charge in [0.05, 0.1) is 12.6 Å². The molecule has 134 valence electrons. The first-order chi connectivity index (χ1) is 11.5. The largest absolute Gasteiger partial charge is 0.364 e. The van der Waals surface area contributed by atoms with Gasteiger partial charge in [0.2, 0.25) is 5.91 Å². The predicted molar refractivity (Wildman–Crippen MR) is 92.4 cm³/mol. The molecule has 0 aromatic carbocycles. The molecule has 0 saturated carbocycles. The van der Waals surface area contributed by atoms with Gasteiger partial charge in [0.1, 0.15) is 12.0 Å². The summed E-state index contributed by atoms with van der Waals surface area (Å²) in [6.07, 6.45) is 6.07. The molecular formula is C18H30N4O2. The minimum absolute atomic E-state index is 0.0188. The maximum atomic E-state index is 13.1. The number of likely N-dealkylation sites (N-methyl/N-ethyl adjacent to an activating group) is 1. The lowest BCUT2D eigenvalue weighted by molar-refractivity contribution is -0.135. The van der Waals surface area contributed by atoms with Crippen molar-refractivity contribution in [2.75, 3.05) is 40.3 Å². The van der Waals surface area contributed by atoms with E-state index in [2.05, 4.69) is 28.9 Å². The van der Waals surface area contributed by atoms with Crippen LogP contribution in [0.4, 0.5) is 0 Å². The van der Waals surface area contributed by atoms with Gasteiger partial charge >= 0.3 is 0 Å². The van der Waals surface area contributed by atoms with Crippen molar-refractivity contribution in [3.05, 3.63) is 18.0 Å². The van der Waals surface area contributed by atoms with Gasteiger partial charge in [-0.1, -0.05) is 12.1 Å². The van der Waals surface area contributed by atoms with E-state index in [-0.39, 0.29) is 11.9 Å². The van der Waals surface area contributed by atoms with E-state index >= 15 is 0 Å². The number of likely N-dealkylation sites (tertiary alicyclic amines) is 2. The molecule has 1 aromatic rings. The average molecular weight is 334 g/mol. The minimum atomic E-state index is 0.0188. The summed E-state index contributed by atoms with van der Waals surface area (Å²) in [7, 11) is 4.07. The molecule has 6 nitrogen and oxygen atoms in total. The van der Waals surface area contributed by atoms with Crippen LogP contribution in [0.15, 0.2) is 16.9 Å². The van der Waals surface area contributed by atoms with Gasteiger partial charge in [-0.05, 0) is 57.8 Å². The Morgan fingerprint density at radius 1 is 1.46 bits per heavy atom. The Hall–Kier alpha value is -1.40. The maximum absolute atomic E-state index is 13.1. The summed E-state index contributed by atoms with van der Waals surface area (Å²) in [6.45, 7) is 7.09. The highest BCUT2D eigenvalue weighted by Gasteiger charge is 2.47. The highest BCUT2D eigenvalue weighted by Crippen LogP contribution is 2.43. The number of nitrogens with zero attached hydrogens (tertiary/aromatic N) is 4. The maximum Gasteiger partial charge on any atom is 0.240 e. The first kappa shape index (κ1) is 17.4. The third-order valence-corrected chi connectivity index (χ3v) is 5.72. The molecular weight excluding hydrogens is 304 g/mol. The van der Waals surface area contributed by atoms with E-state index in [4.69, 9.17) is 4.52 Å².